The van der Waals surface area contributed by atoms with Crippen molar-refractivity contribution in [1.29, 1.82) is 0 Å². The molecule has 0 fully saturated rings. The van der Waals surface area contributed by atoms with Crippen molar-refractivity contribution in [3.8, 4) is 0 Å². The van der Waals surface area contributed by atoms with E-state index in [9.17, 15) is 4.39 Å². The van der Waals surface area contributed by atoms with Crippen molar-refractivity contribution >= 4 is 22.9 Å². The number of halogens is 1. The molecule has 8 heteroatoms. The summed E-state index contributed by atoms with van der Waals surface area (Å²) in [6.45, 7) is 3.42. The molecule has 1 aromatic heterocycles. The Bertz CT molecular complexity index is 1070. The molecule has 0 spiro atoms. The first-order valence-electron chi connectivity index (χ1n) is 10.3. The fourth-order valence-electron chi connectivity index (χ4n) is 4.14. The lowest BCUT2D eigenvalue weighted by molar-refractivity contribution is 0.254. The van der Waals surface area contributed by atoms with Crippen LogP contribution in [0.25, 0.3) is 11.0 Å². The molecule has 2 aromatic carbocycles. The molecule has 1 N–H and O–H groups in total. The number of benzene rings is 2. The fourth-order valence-corrected chi connectivity index (χ4v) is 4.14. The first-order chi connectivity index (χ1) is 14.6. The van der Waals surface area contributed by atoms with E-state index in [1.54, 1.807) is 0 Å². The molecule has 0 bridgehead atoms. The number of hydrogen-bond acceptors (Lipinski definition) is 6. The van der Waals surface area contributed by atoms with Crippen LogP contribution in [-0.4, -0.2) is 65.8 Å². The summed E-state index contributed by atoms with van der Waals surface area (Å²) in [7, 11) is 4.19. The third-order valence-electron chi connectivity index (χ3n) is 5.63. The lowest BCUT2D eigenvalue weighted by atomic mass is 10.1. The Morgan fingerprint density at radius 3 is 2.73 bits per heavy atom. The second kappa shape index (κ2) is 7.70. The standard InChI is InChI=1S/C22H26FN7/c1-27(2)12-5-13-28-14-24-21-26-20(16-8-10-17(23)11-9-16)30-19-7-4-3-6-18(19)25-22(30)29(21)15-28/h3-4,6-11,20H,5,12-15H2,1-2H3,(H,24,26). The number of anilines is 1. The lowest BCUT2D eigenvalue weighted by Crippen LogP contribution is -2.57. The molecule has 0 radical (unpaired) electrons. The van der Waals surface area contributed by atoms with E-state index in [2.05, 4.69) is 44.7 Å². The molecule has 0 saturated heterocycles. The van der Waals surface area contributed by atoms with E-state index in [1.165, 1.54) is 12.1 Å². The van der Waals surface area contributed by atoms with Gasteiger partial charge >= 0.3 is 0 Å². The van der Waals surface area contributed by atoms with Crippen LogP contribution in [0.5, 0.6) is 0 Å². The van der Waals surface area contributed by atoms with Crippen molar-refractivity contribution < 1.29 is 4.39 Å². The summed E-state index contributed by atoms with van der Waals surface area (Å²) in [5.41, 5.74) is 2.95. The molecule has 5 rings (SSSR count). The van der Waals surface area contributed by atoms with Crippen LogP contribution < -0.4 is 10.2 Å². The van der Waals surface area contributed by atoms with Crippen LogP contribution in [0.3, 0.4) is 0 Å². The van der Waals surface area contributed by atoms with Crippen LogP contribution >= 0.6 is 0 Å². The van der Waals surface area contributed by atoms with Gasteiger partial charge in [-0.1, -0.05) is 24.3 Å². The predicted molar refractivity (Wildman–Crippen MR) is 117 cm³/mol. The van der Waals surface area contributed by atoms with Gasteiger partial charge in [-0.05, 0) is 56.9 Å². The summed E-state index contributed by atoms with van der Waals surface area (Å²) in [6.07, 6.45) is 0.900. The lowest BCUT2D eigenvalue weighted by Gasteiger charge is -2.41. The molecule has 0 aliphatic carbocycles. The number of nitrogens with zero attached hydrogens (tertiary/aromatic N) is 6. The van der Waals surface area contributed by atoms with Gasteiger partial charge in [0.25, 0.3) is 0 Å². The predicted octanol–water partition coefficient (Wildman–Crippen LogP) is 2.67. The van der Waals surface area contributed by atoms with Gasteiger partial charge in [0.05, 0.1) is 24.4 Å². The highest BCUT2D eigenvalue weighted by molar-refractivity contribution is 5.98. The molecule has 3 aromatic rings. The molecule has 156 valence electrons. The summed E-state index contributed by atoms with van der Waals surface area (Å²) in [4.78, 5) is 16.4. The van der Waals surface area contributed by atoms with Gasteiger partial charge in [0, 0.05) is 6.54 Å². The topological polar surface area (TPSA) is 51.9 Å². The van der Waals surface area contributed by atoms with Crippen LogP contribution in [0.2, 0.25) is 0 Å². The van der Waals surface area contributed by atoms with Gasteiger partial charge in [0.15, 0.2) is 0 Å². The van der Waals surface area contributed by atoms with Gasteiger partial charge in [-0.3, -0.25) is 14.4 Å². The molecule has 3 heterocycles. The molecule has 2 aliphatic rings. The first-order valence-corrected chi connectivity index (χ1v) is 10.3. The van der Waals surface area contributed by atoms with Crippen LogP contribution in [0.1, 0.15) is 18.2 Å². The maximum Gasteiger partial charge on any atom is 0.216 e. The largest absolute Gasteiger partial charge is 0.331 e. The zero-order chi connectivity index (χ0) is 20.7. The Balaban J connectivity index is 1.52. The molecule has 1 unspecified atom stereocenters. The Hall–Kier alpha value is -2.97. The molecule has 1 atom stereocenters. The molecule has 30 heavy (non-hydrogen) atoms. The van der Waals surface area contributed by atoms with E-state index in [1.807, 2.05) is 30.3 Å². The fraction of sp³-hybridized carbons (Fsp3) is 0.364. The van der Waals surface area contributed by atoms with Crippen LogP contribution in [0.4, 0.5) is 10.3 Å². The van der Waals surface area contributed by atoms with Crippen molar-refractivity contribution in [1.82, 2.24) is 24.7 Å². The van der Waals surface area contributed by atoms with Crippen molar-refractivity contribution in [2.75, 3.05) is 45.4 Å². The number of guanidine groups is 1. The molecule has 0 amide bonds. The number of para-hydroxylation sites is 2. The Kier molecular flexibility index (Phi) is 4.88. The SMILES string of the molecule is CN(C)CCCN1CN=C2NC(c3ccc(F)cc3)n3c(nc4ccccc43)N2C1. The minimum atomic E-state index is -0.240. The van der Waals surface area contributed by atoms with Gasteiger partial charge in [0.2, 0.25) is 11.9 Å². The van der Waals surface area contributed by atoms with E-state index in [0.717, 1.165) is 54.7 Å². The van der Waals surface area contributed by atoms with Crippen molar-refractivity contribution in [3.63, 3.8) is 0 Å². The number of rotatable bonds is 5. The summed E-state index contributed by atoms with van der Waals surface area (Å²) in [6, 6.07) is 14.8. The Morgan fingerprint density at radius 2 is 1.93 bits per heavy atom. The van der Waals surface area contributed by atoms with Gasteiger partial charge in [-0.15, -0.1) is 0 Å². The van der Waals surface area contributed by atoms with Gasteiger partial charge in [0.1, 0.15) is 12.0 Å². The summed E-state index contributed by atoms with van der Waals surface area (Å²) in [5, 5.41) is 3.56. The average Bonchev–Trinajstić information content (AvgIpc) is 3.14. The molecule has 7 nitrogen and oxygen atoms in total. The van der Waals surface area contributed by atoms with Crippen molar-refractivity contribution in [2.24, 2.45) is 4.99 Å². The third kappa shape index (κ3) is 3.42. The number of aliphatic imine (C=N–C) groups is 1. The number of nitrogens with one attached hydrogen (secondary N) is 1. The second-order valence-corrected chi connectivity index (χ2v) is 8.11. The maximum atomic E-state index is 13.5. The highest BCUT2D eigenvalue weighted by Gasteiger charge is 2.35. The minimum Gasteiger partial charge on any atom is -0.331 e. The number of imidazole rings is 1. The van der Waals surface area contributed by atoms with Gasteiger partial charge in [-0.25, -0.2) is 14.4 Å². The van der Waals surface area contributed by atoms with Crippen LogP contribution in [0, 0.1) is 5.82 Å². The quantitative estimate of drug-likeness (QED) is 0.705. The first kappa shape index (κ1) is 19.0. The molecule has 2 aliphatic heterocycles. The van der Waals surface area contributed by atoms with E-state index in [-0.39, 0.29) is 12.0 Å². The third-order valence-corrected chi connectivity index (χ3v) is 5.63. The summed E-state index contributed by atoms with van der Waals surface area (Å²) in [5.74, 6) is 1.44. The Morgan fingerprint density at radius 1 is 1.13 bits per heavy atom. The number of hydrogen-bond donors (Lipinski definition) is 1. The smallest absolute Gasteiger partial charge is 0.216 e. The normalized spacial score (nSPS) is 18.9. The van der Waals surface area contributed by atoms with Crippen molar-refractivity contribution in [2.45, 2.75) is 12.6 Å². The van der Waals surface area contributed by atoms with Crippen LogP contribution in [0.15, 0.2) is 53.5 Å². The van der Waals surface area contributed by atoms with E-state index in [4.69, 9.17) is 9.98 Å². The monoisotopic (exact) mass is 407 g/mol. The number of fused-ring (bicyclic) bond motifs is 5. The van der Waals surface area contributed by atoms with Gasteiger partial charge in [-0.2, -0.15) is 0 Å². The Labute approximate surface area is 175 Å². The van der Waals surface area contributed by atoms with E-state index in [0.29, 0.717) is 6.67 Å². The average molecular weight is 407 g/mol. The maximum absolute atomic E-state index is 13.5. The summed E-state index contributed by atoms with van der Waals surface area (Å²) < 4.78 is 15.7. The second-order valence-electron chi connectivity index (χ2n) is 8.11. The molecular formula is C22H26FN7. The molecule has 0 saturated carbocycles. The van der Waals surface area contributed by atoms with Crippen LogP contribution in [-0.2, 0) is 0 Å². The highest BCUT2D eigenvalue weighted by Crippen LogP contribution is 2.33. The summed E-state index contributed by atoms with van der Waals surface area (Å²) >= 11 is 0. The highest BCUT2D eigenvalue weighted by atomic mass is 19.1. The van der Waals surface area contributed by atoms with Gasteiger partial charge < -0.3 is 10.2 Å². The van der Waals surface area contributed by atoms with E-state index >= 15 is 0 Å². The zero-order valence-electron chi connectivity index (χ0n) is 17.3. The number of aromatic nitrogens is 2. The molecular weight excluding hydrogens is 381 g/mol. The minimum absolute atomic E-state index is 0.191. The van der Waals surface area contributed by atoms with E-state index < -0.39 is 0 Å². The van der Waals surface area contributed by atoms with Crippen molar-refractivity contribution in [3.05, 3.63) is 59.9 Å². The zero-order valence-corrected chi connectivity index (χ0v) is 17.3.